The summed E-state index contributed by atoms with van der Waals surface area (Å²) in [6.07, 6.45) is 0.550. The average Bonchev–Trinajstić information content (AvgIpc) is 3.03. The van der Waals surface area contributed by atoms with Crippen LogP contribution in [0.15, 0.2) is 42.7 Å². The van der Waals surface area contributed by atoms with Gasteiger partial charge in [-0.1, -0.05) is 12.1 Å². The second-order valence-electron chi connectivity index (χ2n) is 5.14. The third-order valence-electron chi connectivity index (χ3n) is 3.24. The fourth-order valence-electron chi connectivity index (χ4n) is 2.01. The number of halogens is 3. The van der Waals surface area contributed by atoms with Gasteiger partial charge in [-0.05, 0) is 23.8 Å². The van der Waals surface area contributed by atoms with Crippen LogP contribution in [-0.2, 0) is 27.4 Å². The number of rotatable bonds is 6. The topological polar surface area (TPSA) is 70.4 Å². The summed E-state index contributed by atoms with van der Waals surface area (Å²) in [7, 11) is 1.27. The van der Waals surface area contributed by atoms with Crippen molar-refractivity contribution < 1.29 is 32.2 Å². The average molecular weight is 368 g/mol. The predicted molar refractivity (Wildman–Crippen MR) is 84.9 cm³/mol. The van der Waals surface area contributed by atoms with Crippen molar-refractivity contribution in [3.05, 3.63) is 59.7 Å². The number of carbonyl (C=O) groups excluding carboxylic acids is 2. The van der Waals surface area contributed by atoms with E-state index in [0.717, 1.165) is 16.8 Å². The fourth-order valence-corrected chi connectivity index (χ4v) is 2.01. The van der Waals surface area contributed by atoms with E-state index in [1.807, 2.05) is 0 Å². The largest absolute Gasteiger partial charge is 0.465 e. The minimum atomic E-state index is -4.39. The Hall–Kier alpha value is -3.10. The Bertz CT molecular complexity index is 795. The Morgan fingerprint density at radius 2 is 1.92 bits per heavy atom. The van der Waals surface area contributed by atoms with Crippen molar-refractivity contribution in [1.29, 1.82) is 0 Å². The molecule has 0 unspecified atom stereocenters. The van der Waals surface area contributed by atoms with Gasteiger partial charge in [-0.2, -0.15) is 13.2 Å². The summed E-state index contributed by atoms with van der Waals surface area (Å²) in [5, 5.41) is 0. The van der Waals surface area contributed by atoms with Gasteiger partial charge in [-0.25, -0.2) is 14.6 Å². The first-order valence-electron chi connectivity index (χ1n) is 7.38. The highest BCUT2D eigenvalue weighted by Crippen LogP contribution is 2.18. The fraction of sp³-hybridized carbons (Fsp3) is 0.235. The standard InChI is InChI=1S/C17H15F3N2O4/c1-25-16(24)13-5-2-12(3-6-13)4-7-15(23)26-10-14-21-8-9-22(14)11-17(18,19)20/h2-9H,10-11H2,1H3/b7-4+. The van der Waals surface area contributed by atoms with E-state index in [-0.39, 0.29) is 12.4 Å². The zero-order chi connectivity index (χ0) is 19.2. The number of alkyl halides is 3. The van der Waals surface area contributed by atoms with Crippen molar-refractivity contribution in [2.45, 2.75) is 19.3 Å². The molecule has 26 heavy (non-hydrogen) atoms. The van der Waals surface area contributed by atoms with Crippen LogP contribution in [0.2, 0.25) is 0 Å². The van der Waals surface area contributed by atoms with E-state index >= 15 is 0 Å². The summed E-state index contributed by atoms with van der Waals surface area (Å²) in [6.45, 7) is -1.59. The molecule has 0 N–H and O–H groups in total. The van der Waals surface area contributed by atoms with Gasteiger partial charge in [0, 0.05) is 18.5 Å². The molecule has 0 atom stereocenters. The monoisotopic (exact) mass is 368 g/mol. The van der Waals surface area contributed by atoms with Gasteiger partial charge in [0.05, 0.1) is 12.7 Å². The molecule has 0 saturated carbocycles. The summed E-state index contributed by atoms with van der Waals surface area (Å²) < 4.78 is 47.6. The summed E-state index contributed by atoms with van der Waals surface area (Å²) >= 11 is 0. The predicted octanol–water partition coefficient (Wildman–Crippen LogP) is 2.99. The molecule has 0 fully saturated rings. The van der Waals surface area contributed by atoms with E-state index in [4.69, 9.17) is 4.74 Å². The lowest BCUT2D eigenvalue weighted by Gasteiger charge is -2.10. The van der Waals surface area contributed by atoms with Crippen LogP contribution < -0.4 is 0 Å². The van der Waals surface area contributed by atoms with Crippen molar-refractivity contribution >= 4 is 18.0 Å². The maximum Gasteiger partial charge on any atom is 0.406 e. The number of carbonyl (C=O) groups is 2. The molecule has 0 aliphatic rings. The number of esters is 2. The zero-order valence-corrected chi connectivity index (χ0v) is 13.7. The lowest BCUT2D eigenvalue weighted by atomic mass is 10.1. The van der Waals surface area contributed by atoms with E-state index in [1.54, 1.807) is 12.1 Å². The van der Waals surface area contributed by atoms with Crippen molar-refractivity contribution in [1.82, 2.24) is 9.55 Å². The minimum absolute atomic E-state index is 0.00786. The van der Waals surface area contributed by atoms with Gasteiger partial charge in [0.1, 0.15) is 19.0 Å². The van der Waals surface area contributed by atoms with Crippen molar-refractivity contribution in [2.75, 3.05) is 7.11 Å². The van der Waals surface area contributed by atoms with Gasteiger partial charge in [0.15, 0.2) is 0 Å². The highest BCUT2D eigenvalue weighted by Gasteiger charge is 2.28. The minimum Gasteiger partial charge on any atom is -0.465 e. The first-order chi connectivity index (χ1) is 12.3. The molecule has 1 aromatic carbocycles. The van der Waals surface area contributed by atoms with E-state index in [0.29, 0.717) is 11.1 Å². The lowest BCUT2D eigenvalue weighted by Crippen LogP contribution is -2.19. The highest BCUT2D eigenvalue weighted by atomic mass is 19.4. The number of hydrogen-bond acceptors (Lipinski definition) is 5. The molecule has 0 amide bonds. The molecule has 0 spiro atoms. The van der Waals surface area contributed by atoms with E-state index in [1.165, 1.54) is 31.5 Å². The van der Waals surface area contributed by atoms with E-state index in [2.05, 4.69) is 9.72 Å². The lowest BCUT2D eigenvalue weighted by molar-refractivity contribution is -0.142. The van der Waals surface area contributed by atoms with Crippen LogP contribution in [0.25, 0.3) is 6.08 Å². The molecular weight excluding hydrogens is 353 g/mol. The maximum absolute atomic E-state index is 12.4. The summed E-state index contributed by atoms with van der Waals surface area (Å²) in [6, 6.07) is 6.27. The van der Waals surface area contributed by atoms with Gasteiger partial charge >= 0.3 is 18.1 Å². The van der Waals surface area contributed by atoms with Crippen LogP contribution in [0.3, 0.4) is 0 Å². The molecule has 2 aromatic rings. The van der Waals surface area contributed by atoms with Crippen molar-refractivity contribution in [2.24, 2.45) is 0 Å². The quantitative estimate of drug-likeness (QED) is 0.579. The molecule has 138 valence electrons. The second-order valence-corrected chi connectivity index (χ2v) is 5.14. The van der Waals surface area contributed by atoms with Gasteiger partial charge in [0.2, 0.25) is 0 Å². The number of hydrogen-bond donors (Lipinski definition) is 0. The number of imidazole rings is 1. The Balaban J connectivity index is 1.90. The maximum atomic E-state index is 12.4. The van der Waals surface area contributed by atoms with Gasteiger partial charge < -0.3 is 14.0 Å². The van der Waals surface area contributed by atoms with E-state index < -0.39 is 24.7 Å². The molecular formula is C17H15F3N2O4. The molecule has 0 aliphatic heterocycles. The Kier molecular flexibility index (Phi) is 6.16. The van der Waals surface area contributed by atoms with Crippen LogP contribution in [0.4, 0.5) is 13.2 Å². The first kappa shape index (κ1) is 19.2. The third-order valence-corrected chi connectivity index (χ3v) is 3.24. The molecule has 2 rings (SSSR count). The molecule has 0 saturated heterocycles. The highest BCUT2D eigenvalue weighted by molar-refractivity contribution is 5.90. The summed E-state index contributed by atoms with van der Waals surface area (Å²) in [5.41, 5.74) is 0.997. The summed E-state index contributed by atoms with van der Waals surface area (Å²) in [4.78, 5) is 26.7. The zero-order valence-electron chi connectivity index (χ0n) is 13.7. The van der Waals surface area contributed by atoms with Crippen LogP contribution in [0.5, 0.6) is 0 Å². The molecule has 9 heteroatoms. The van der Waals surface area contributed by atoms with Crippen LogP contribution in [0, 0.1) is 0 Å². The van der Waals surface area contributed by atoms with Crippen LogP contribution in [-0.4, -0.2) is 34.8 Å². The second kappa shape index (κ2) is 8.32. The molecule has 0 aliphatic carbocycles. The molecule has 1 aromatic heterocycles. The molecule has 1 heterocycles. The summed E-state index contributed by atoms with van der Waals surface area (Å²) in [5.74, 6) is -1.22. The Labute approximate surface area is 146 Å². The smallest absolute Gasteiger partial charge is 0.406 e. The van der Waals surface area contributed by atoms with Gasteiger partial charge in [-0.15, -0.1) is 0 Å². The van der Waals surface area contributed by atoms with Crippen LogP contribution >= 0.6 is 0 Å². The third kappa shape index (κ3) is 5.76. The number of methoxy groups -OCH3 is 1. The van der Waals surface area contributed by atoms with Crippen molar-refractivity contribution in [3.8, 4) is 0 Å². The van der Waals surface area contributed by atoms with Crippen LogP contribution in [0.1, 0.15) is 21.7 Å². The SMILES string of the molecule is COC(=O)c1ccc(/C=C/C(=O)OCc2nccn2CC(F)(F)F)cc1. The molecule has 6 nitrogen and oxygen atoms in total. The normalized spacial score (nSPS) is 11.5. The molecule has 0 bridgehead atoms. The Morgan fingerprint density at radius 1 is 1.23 bits per heavy atom. The molecule has 0 radical (unpaired) electrons. The number of benzene rings is 1. The van der Waals surface area contributed by atoms with Gasteiger partial charge in [-0.3, -0.25) is 0 Å². The first-order valence-corrected chi connectivity index (χ1v) is 7.38. The Morgan fingerprint density at radius 3 is 2.54 bits per heavy atom. The van der Waals surface area contributed by atoms with Crippen molar-refractivity contribution in [3.63, 3.8) is 0 Å². The van der Waals surface area contributed by atoms with E-state index in [9.17, 15) is 22.8 Å². The van der Waals surface area contributed by atoms with Gasteiger partial charge in [0.25, 0.3) is 0 Å². The number of nitrogens with zero attached hydrogens (tertiary/aromatic N) is 2. The number of aromatic nitrogens is 2. The number of ether oxygens (including phenoxy) is 2.